The molecule has 0 bridgehead atoms. The lowest BCUT2D eigenvalue weighted by Gasteiger charge is -2.25. The van der Waals surface area contributed by atoms with Crippen LogP contribution in [0.25, 0.3) is 10.9 Å². The molecule has 1 aromatic heterocycles. The first-order chi connectivity index (χ1) is 13.1. The lowest BCUT2D eigenvalue weighted by atomic mass is 10.1. The Morgan fingerprint density at radius 1 is 1.36 bits per heavy atom. The van der Waals surface area contributed by atoms with Crippen LogP contribution < -0.4 is 15.4 Å². The maximum atomic E-state index is 11.5. The number of hydrogen-bond donors (Lipinski definition) is 3. The smallest absolute Gasteiger partial charge is 0.235 e. The Balaban J connectivity index is 0.00000225. The van der Waals surface area contributed by atoms with Gasteiger partial charge in [0.25, 0.3) is 0 Å². The summed E-state index contributed by atoms with van der Waals surface area (Å²) in [7, 11) is -0.553. The zero-order valence-electron chi connectivity index (χ0n) is 15.0. The Hall–Kier alpha value is -2.47. The van der Waals surface area contributed by atoms with Gasteiger partial charge in [0, 0.05) is 11.6 Å². The van der Waals surface area contributed by atoms with E-state index >= 15 is 0 Å². The maximum absolute atomic E-state index is 11.5. The van der Waals surface area contributed by atoms with Crippen molar-refractivity contribution in [3.63, 3.8) is 0 Å². The third-order valence-electron chi connectivity index (χ3n) is 4.61. The summed E-state index contributed by atoms with van der Waals surface area (Å²) in [6.07, 6.45) is 3.42. The number of aromatic nitrogens is 1. The first-order valence-electron chi connectivity index (χ1n) is 8.77. The minimum absolute atomic E-state index is 0. The molecule has 4 rings (SSSR count). The van der Waals surface area contributed by atoms with E-state index in [9.17, 15) is 10.1 Å². The molecule has 2 aromatic rings. The third kappa shape index (κ3) is 4.17. The molecule has 0 radical (unpaired) electrons. The van der Waals surface area contributed by atoms with Crippen LogP contribution in [0.3, 0.4) is 0 Å². The van der Waals surface area contributed by atoms with Crippen molar-refractivity contribution in [2.75, 3.05) is 18.8 Å². The van der Waals surface area contributed by atoms with E-state index in [1.54, 1.807) is 6.20 Å². The Kier molecular flexibility index (Phi) is 6.29. The SMILES string of the molecule is Cl.N#Cc1cnc2ccc(/C=S3/CC(=O)NC3=N)cc2c1OC1CCNCC1. The molecular formula is C19H20ClN5O2S. The summed E-state index contributed by atoms with van der Waals surface area (Å²) >= 11 is 0. The normalized spacial score (nSPS) is 19.9. The molecule has 0 spiro atoms. The van der Waals surface area contributed by atoms with E-state index in [2.05, 4.69) is 21.7 Å². The molecule has 7 nitrogen and oxygen atoms in total. The van der Waals surface area contributed by atoms with Gasteiger partial charge in [-0.1, -0.05) is 6.07 Å². The minimum atomic E-state index is -0.553. The number of nitrogens with zero attached hydrogens (tertiary/aromatic N) is 2. The number of amides is 1. The number of carbonyl (C=O) groups excluding carboxylic acids is 1. The molecule has 0 aliphatic carbocycles. The summed E-state index contributed by atoms with van der Waals surface area (Å²) in [5.74, 6) is 0.763. The van der Waals surface area contributed by atoms with E-state index in [4.69, 9.17) is 10.1 Å². The van der Waals surface area contributed by atoms with Gasteiger partial charge < -0.3 is 15.4 Å². The summed E-state index contributed by atoms with van der Waals surface area (Å²) < 4.78 is 6.23. The summed E-state index contributed by atoms with van der Waals surface area (Å²) in [6.45, 7) is 1.81. The predicted molar refractivity (Wildman–Crippen MR) is 114 cm³/mol. The largest absolute Gasteiger partial charge is 0.488 e. The van der Waals surface area contributed by atoms with Gasteiger partial charge >= 0.3 is 0 Å². The molecule has 9 heteroatoms. The van der Waals surface area contributed by atoms with E-state index in [1.807, 2.05) is 23.6 Å². The number of benzene rings is 1. The first-order valence-corrected chi connectivity index (χ1v) is 10.2. The number of rotatable bonds is 3. The van der Waals surface area contributed by atoms with E-state index in [-0.39, 0.29) is 29.6 Å². The van der Waals surface area contributed by atoms with Crippen LogP contribution in [0.2, 0.25) is 0 Å². The van der Waals surface area contributed by atoms with Crippen molar-refractivity contribution in [1.29, 1.82) is 10.7 Å². The van der Waals surface area contributed by atoms with Gasteiger partial charge in [-0.25, -0.2) is 0 Å². The molecule has 1 atom stereocenters. The van der Waals surface area contributed by atoms with Crippen molar-refractivity contribution in [1.82, 2.24) is 15.6 Å². The van der Waals surface area contributed by atoms with Crippen molar-refractivity contribution in [2.24, 2.45) is 0 Å². The Labute approximate surface area is 171 Å². The first kappa shape index (κ1) is 20.3. The summed E-state index contributed by atoms with van der Waals surface area (Å²) in [6, 6.07) is 7.92. The van der Waals surface area contributed by atoms with Crippen LogP contribution in [0.1, 0.15) is 24.0 Å². The number of hydrogen-bond acceptors (Lipinski definition) is 6. The van der Waals surface area contributed by atoms with Crippen molar-refractivity contribution >= 4 is 50.2 Å². The van der Waals surface area contributed by atoms with Crippen LogP contribution in [0.15, 0.2) is 24.4 Å². The average Bonchev–Trinajstić information content (AvgIpc) is 3.00. The molecule has 0 saturated carbocycles. The molecular weight excluding hydrogens is 398 g/mol. The topological polar surface area (TPSA) is 111 Å². The Bertz CT molecular complexity index is 1010. The number of ether oxygens (including phenoxy) is 1. The highest BCUT2D eigenvalue weighted by atomic mass is 35.5. The molecule has 3 N–H and O–H groups in total. The van der Waals surface area contributed by atoms with Crippen molar-refractivity contribution in [3.8, 4) is 11.8 Å². The number of pyridine rings is 1. The molecule has 28 heavy (non-hydrogen) atoms. The highest BCUT2D eigenvalue weighted by Crippen LogP contribution is 2.31. The fourth-order valence-electron chi connectivity index (χ4n) is 3.25. The number of carbonyl (C=O) groups is 1. The van der Waals surface area contributed by atoms with Crippen LogP contribution in [0, 0.1) is 16.7 Å². The molecule has 2 aliphatic heterocycles. The Morgan fingerprint density at radius 3 is 2.82 bits per heavy atom. The van der Waals surface area contributed by atoms with E-state index in [1.165, 1.54) is 0 Å². The van der Waals surface area contributed by atoms with Crippen LogP contribution in [-0.2, 0) is 4.79 Å². The van der Waals surface area contributed by atoms with Gasteiger partial charge in [0.05, 0.1) is 11.3 Å². The standard InChI is InChI=1S/C19H19N5O2S.ClH/c20-8-13-9-23-16-2-1-12(10-27-11-17(25)24-19(27)21)7-15(16)18(13)26-14-3-5-22-6-4-14;/h1-2,7,9-10,14,22H,3-6,11H2,(H2,21,24,25);1H. The number of nitriles is 1. The number of nitrogens with one attached hydrogen (secondary N) is 3. The van der Waals surface area contributed by atoms with Crippen LogP contribution >= 0.6 is 22.9 Å². The van der Waals surface area contributed by atoms with Crippen molar-refractivity contribution in [3.05, 3.63) is 35.5 Å². The van der Waals surface area contributed by atoms with Gasteiger partial charge in [0.2, 0.25) is 5.91 Å². The van der Waals surface area contributed by atoms with Crippen molar-refractivity contribution < 1.29 is 9.53 Å². The molecule has 1 unspecified atom stereocenters. The van der Waals surface area contributed by atoms with Crippen LogP contribution in [-0.4, -0.2) is 46.4 Å². The second-order valence-electron chi connectivity index (χ2n) is 6.52. The lowest BCUT2D eigenvalue weighted by molar-refractivity contribution is -0.116. The molecule has 2 saturated heterocycles. The zero-order valence-corrected chi connectivity index (χ0v) is 16.7. The number of halogens is 1. The maximum Gasteiger partial charge on any atom is 0.235 e. The van der Waals surface area contributed by atoms with Crippen molar-refractivity contribution in [2.45, 2.75) is 18.9 Å². The van der Waals surface area contributed by atoms with Gasteiger partial charge in [-0.3, -0.25) is 15.2 Å². The van der Waals surface area contributed by atoms with Crippen LogP contribution in [0.4, 0.5) is 0 Å². The molecule has 146 valence electrons. The second-order valence-corrected chi connectivity index (χ2v) is 8.32. The van der Waals surface area contributed by atoms with E-state index < -0.39 is 10.5 Å². The van der Waals surface area contributed by atoms with E-state index in [0.29, 0.717) is 17.1 Å². The molecule has 2 aliphatic rings. The molecule has 3 heterocycles. The van der Waals surface area contributed by atoms with Gasteiger partial charge in [-0.15, -0.1) is 22.9 Å². The fraction of sp³-hybridized carbons (Fsp3) is 0.316. The molecule has 1 aromatic carbocycles. The summed E-state index contributed by atoms with van der Waals surface area (Å²) in [5, 5.41) is 26.2. The van der Waals surface area contributed by atoms with Gasteiger partial charge in [-0.05, 0) is 49.0 Å². The van der Waals surface area contributed by atoms with E-state index in [0.717, 1.165) is 42.4 Å². The monoisotopic (exact) mass is 417 g/mol. The quantitative estimate of drug-likeness (QED) is 0.662. The minimum Gasteiger partial charge on any atom is -0.488 e. The highest BCUT2D eigenvalue weighted by Gasteiger charge is 2.21. The summed E-state index contributed by atoms with van der Waals surface area (Å²) in [5.41, 5.74) is 2.07. The Morgan fingerprint density at radius 2 is 2.14 bits per heavy atom. The molecule has 1 amide bonds. The molecule has 2 fully saturated rings. The lowest BCUT2D eigenvalue weighted by Crippen LogP contribution is -2.34. The van der Waals surface area contributed by atoms with Crippen LogP contribution in [0.5, 0.6) is 5.75 Å². The van der Waals surface area contributed by atoms with Gasteiger partial charge in [0.1, 0.15) is 23.5 Å². The fourth-order valence-corrected chi connectivity index (χ4v) is 4.67. The second kappa shape index (κ2) is 8.69. The third-order valence-corrected chi connectivity index (χ3v) is 6.37. The number of fused-ring (bicyclic) bond motifs is 1. The highest BCUT2D eigenvalue weighted by molar-refractivity contribution is 8.29. The van der Waals surface area contributed by atoms with Gasteiger partial charge in [0.15, 0.2) is 5.17 Å². The predicted octanol–water partition coefficient (Wildman–Crippen LogP) is 2.14. The zero-order chi connectivity index (χ0) is 18.8. The summed E-state index contributed by atoms with van der Waals surface area (Å²) in [4.78, 5) is 15.9. The number of amidine groups is 1. The average molecular weight is 418 g/mol. The number of piperidine rings is 1. The van der Waals surface area contributed by atoms with Gasteiger partial charge in [-0.2, -0.15) is 5.26 Å².